The summed E-state index contributed by atoms with van der Waals surface area (Å²) in [6, 6.07) is 6.15. The number of carbonyl (C=O) groups is 1. The van der Waals surface area contributed by atoms with Gasteiger partial charge in [-0.25, -0.2) is 0 Å². The smallest absolute Gasteiger partial charge is 0.282 e. The number of nitrogens with zero attached hydrogens (tertiary/aromatic N) is 2. The number of aromatic nitrogens is 2. The third-order valence-corrected chi connectivity index (χ3v) is 3.62. The molecule has 0 fully saturated rings. The number of hydrogen-bond donors (Lipinski definition) is 2. The fourth-order valence-electron chi connectivity index (χ4n) is 1.77. The Bertz CT molecular complexity index is 684. The van der Waals surface area contributed by atoms with E-state index in [9.17, 15) is 14.9 Å². The zero-order chi connectivity index (χ0) is 15.4. The fourth-order valence-corrected chi connectivity index (χ4v) is 2.21. The first-order valence-corrected chi connectivity index (χ1v) is 7.45. The number of nitro benzene ring substituents is 1. The van der Waals surface area contributed by atoms with Gasteiger partial charge in [0, 0.05) is 22.7 Å². The Morgan fingerprint density at radius 2 is 2.24 bits per heavy atom. The van der Waals surface area contributed by atoms with Crippen LogP contribution < -0.4 is 5.32 Å². The van der Waals surface area contributed by atoms with Crippen LogP contribution in [0.15, 0.2) is 29.2 Å². The number of aryl methyl sites for hydroxylation is 1. The van der Waals surface area contributed by atoms with E-state index in [1.165, 1.54) is 23.9 Å². The van der Waals surface area contributed by atoms with Gasteiger partial charge in [-0.3, -0.25) is 20.0 Å². The molecule has 8 heteroatoms. The van der Waals surface area contributed by atoms with Gasteiger partial charge in [0.25, 0.3) is 11.6 Å². The molecule has 0 atom stereocenters. The maximum absolute atomic E-state index is 12.2. The first kappa shape index (κ1) is 15.0. The van der Waals surface area contributed by atoms with E-state index in [1.54, 1.807) is 12.1 Å². The predicted molar refractivity (Wildman–Crippen MR) is 80.8 cm³/mol. The minimum absolute atomic E-state index is 0.0212. The lowest BCUT2D eigenvalue weighted by atomic mass is 10.1. The van der Waals surface area contributed by atoms with Crippen molar-refractivity contribution in [1.29, 1.82) is 0 Å². The molecule has 0 aliphatic rings. The molecule has 0 spiro atoms. The van der Waals surface area contributed by atoms with Gasteiger partial charge in [-0.15, -0.1) is 11.8 Å². The molecule has 0 unspecified atom stereocenters. The van der Waals surface area contributed by atoms with Crippen molar-refractivity contribution in [3.05, 3.63) is 45.6 Å². The van der Waals surface area contributed by atoms with Crippen LogP contribution in [0.25, 0.3) is 0 Å². The topological polar surface area (TPSA) is 101 Å². The molecule has 1 aromatic carbocycles. The summed E-state index contributed by atoms with van der Waals surface area (Å²) in [6.07, 6.45) is 2.59. The fraction of sp³-hybridized carbons (Fsp3) is 0.231. The van der Waals surface area contributed by atoms with Gasteiger partial charge in [0.1, 0.15) is 5.56 Å². The van der Waals surface area contributed by atoms with Gasteiger partial charge in [-0.2, -0.15) is 5.10 Å². The average molecular weight is 306 g/mol. The molecule has 2 N–H and O–H groups in total. The van der Waals surface area contributed by atoms with Crippen LogP contribution >= 0.6 is 11.8 Å². The summed E-state index contributed by atoms with van der Waals surface area (Å²) in [7, 11) is 0. The number of carbonyl (C=O) groups excluding carboxylic acids is 1. The quantitative estimate of drug-likeness (QED) is 0.502. The van der Waals surface area contributed by atoms with Crippen molar-refractivity contribution in [3.8, 4) is 0 Å². The molecule has 2 aromatic rings. The van der Waals surface area contributed by atoms with Crippen LogP contribution in [0.5, 0.6) is 0 Å². The van der Waals surface area contributed by atoms with Crippen LogP contribution in [0.4, 0.5) is 11.5 Å². The SMILES string of the molecule is CCc1cc(NC(=O)c2cc(SC)ccc2[N+](=O)[O-])n[nH]1. The molecule has 110 valence electrons. The van der Waals surface area contributed by atoms with Gasteiger partial charge in [-0.1, -0.05) is 6.92 Å². The zero-order valence-electron chi connectivity index (χ0n) is 11.5. The molecule has 1 aromatic heterocycles. The highest BCUT2D eigenvalue weighted by atomic mass is 32.2. The number of nitrogens with one attached hydrogen (secondary N) is 2. The van der Waals surface area contributed by atoms with Crippen molar-refractivity contribution in [2.45, 2.75) is 18.2 Å². The molecule has 1 heterocycles. The lowest BCUT2D eigenvalue weighted by Crippen LogP contribution is -2.14. The Labute approximate surface area is 125 Å². The molecule has 0 saturated carbocycles. The number of hydrogen-bond acceptors (Lipinski definition) is 5. The Kier molecular flexibility index (Phi) is 4.59. The number of rotatable bonds is 5. The first-order chi connectivity index (χ1) is 10.0. The van der Waals surface area contributed by atoms with Gasteiger partial charge in [0.15, 0.2) is 5.82 Å². The molecule has 1 amide bonds. The third-order valence-electron chi connectivity index (χ3n) is 2.90. The van der Waals surface area contributed by atoms with Crippen molar-refractivity contribution >= 4 is 29.2 Å². The second-order valence-corrected chi connectivity index (χ2v) is 5.11. The minimum atomic E-state index is -0.568. The standard InChI is InChI=1S/C13H14N4O3S/c1-3-8-6-12(16-15-8)14-13(18)10-7-9(21-2)4-5-11(10)17(19)20/h4-7H,3H2,1-2H3,(H2,14,15,16,18). The Balaban J connectivity index is 2.30. The van der Waals surface area contributed by atoms with E-state index in [0.717, 1.165) is 17.0 Å². The predicted octanol–water partition coefficient (Wildman–Crippen LogP) is 2.85. The molecule has 2 rings (SSSR count). The zero-order valence-corrected chi connectivity index (χ0v) is 12.4. The van der Waals surface area contributed by atoms with Gasteiger partial charge >= 0.3 is 0 Å². The van der Waals surface area contributed by atoms with Gasteiger partial charge in [0.2, 0.25) is 0 Å². The number of amides is 1. The number of nitro groups is 1. The largest absolute Gasteiger partial charge is 0.305 e. The van der Waals surface area contributed by atoms with Crippen molar-refractivity contribution in [3.63, 3.8) is 0 Å². The van der Waals surface area contributed by atoms with E-state index in [-0.39, 0.29) is 11.3 Å². The molecule has 21 heavy (non-hydrogen) atoms. The lowest BCUT2D eigenvalue weighted by molar-refractivity contribution is -0.385. The highest BCUT2D eigenvalue weighted by molar-refractivity contribution is 7.98. The monoisotopic (exact) mass is 306 g/mol. The molecular weight excluding hydrogens is 292 g/mol. The van der Waals surface area contributed by atoms with Crippen LogP contribution in [-0.4, -0.2) is 27.3 Å². The Morgan fingerprint density at radius 1 is 1.48 bits per heavy atom. The lowest BCUT2D eigenvalue weighted by Gasteiger charge is -2.05. The number of aromatic amines is 1. The number of thioether (sulfide) groups is 1. The highest BCUT2D eigenvalue weighted by Crippen LogP contribution is 2.25. The van der Waals surface area contributed by atoms with Crippen molar-refractivity contribution in [2.75, 3.05) is 11.6 Å². The van der Waals surface area contributed by atoms with Crippen LogP contribution in [0.2, 0.25) is 0 Å². The van der Waals surface area contributed by atoms with E-state index in [1.807, 2.05) is 13.2 Å². The van der Waals surface area contributed by atoms with Crippen LogP contribution in [0, 0.1) is 10.1 Å². The highest BCUT2D eigenvalue weighted by Gasteiger charge is 2.21. The maximum atomic E-state index is 12.2. The Morgan fingerprint density at radius 3 is 2.81 bits per heavy atom. The average Bonchev–Trinajstić information content (AvgIpc) is 2.94. The molecule has 0 aliphatic heterocycles. The molecular formula is C13H14N4O3S. The Hall–Kier alpha value is -2.35. The van der Waals surface area contributed by atoms with E-state index in [2.05, 4.69) is 15.5 Å². The summed E-state index contributed by atoms with van der Waals surface area (Å²) >= 11 is 1.41. The van der Waals surface area contributed by atoms with Crippen molar-refractivity contribution < 1.29 is 9.72 Å². The summed E-state index contributed by atoms with van der Waals surface area (Å²) in [5, 5.41) is 20.3. The molecule has 0 bridgehead atoms. The summed E-state index contributed by atoms with van der Waals surface area (Å²) in [6.45, 7) is 1.95. The maximum Gasteiger partial charge on any atom is 0.282 e. The summed E-state index contributed by atoms with van der Waals surface area (Å²) in [5.74, 6) is -0.201. The van der Waals surface area contributed by atoms with E-state index >= 15 is 0 Å². The van der Waals surface area contributed by atoms with Crippen LogP contribution in [-0.2, 0) is 6.42 Å². The van der Waals surface area contributed by atoms with Gasteiger partial charge < -0.3 is 5.32 Å². The van der Waals surface area contributed by atoms with Crippen LogP contribution in [0.1, 0.15) is 23.0 Å². The van der Waals surface area contributed by atoms with Crippen molar-refractivity contribution in [1.82, 2.24) is 10.2 Å². The van der Waals surface area contributed by atoms with E-state index in [0.29, 0.717) is 5.82 Å². The minimum Gasteiger partial charge on any atom is -0.305 e. The van der Waals surface area contributed by atoms with E-state index < -0.39 is 10.8 Å². The second kappa shape index (κ2) is 6.40. The molecule has 0 radical (unpaired) electrons. The molecule has 0 saturated heterocycles. The molecule has 7 nitrogen and oxygen atoms in total. The number of H-pyrrole nitrogens is 1. The van der Waals surface area contributed by atoms with Gasteiger partial charge in [0.05, 0.1) is 4.92 Å². The summed E-state index contributed by atoms with van der Waals surface area (Å²) in [4.78, 5) is 23.5. The summed E-state index contributed by atoms with van der Waals surface area (Å²) < 4.78 is 0. The normalized spacial score (nSPS) is 10.4. The number of anilines is 1. The van der Waals surface area contributed by atoms with Crippen LogP contribution in [0.3, 0.4) is 0 Å². The van der Waals surface area contributed by atoms with Gasteiger partial charge in [-0.05, 0) is 24.8 Å². The first-order valence-electron chi connectivity index (χ1n) is 6.23. The molecule has 0 aliphatic carbocycles. The summed E-state index contributed by atoms with van der Waals surface area (Å²) in [5.41, 5.74) is 0.669. The third kappa shape index (κ3) is 3.40. The number of benzene rings is 1. The second-order valence-electron chi connectivity index (χ2n) is 4.23. The van der Waals surface area contributed by atoms with Crippen molar-refractivity contribution in [2.24, 2.45) is 0 Å². The van der Waals surface area contributed by atoms with E-state index in [4.69, 9.17) is 0 Å².